The Labute approximate surface area is 104 Å². The number of carbonyl (C=O) groups is 1. The molecule has 0 aromatic heterocycles. The second-order valence-electron chi connectivity index (χ2n) is 4.44. The summed E-state index contributed by atoms with van der Waals surface area (Å²) < 4.78 is 43.5. The molecule has 0 aliphatic heterocycles. The van der Waals surface area contributed by atoms with E-state index in [9.17, 15) is 23.1 Å². The molecule has 0 aromatic carbocycles. The van der Waals surface area contributed by atoms with Gasteiger partial charge in [-0.15, -0.1) is 0 Å². The standard InChI is InChI=1S/C12H17F3O3/c1-3-18-10(16)11(17,12(13,14)15)9-7-5-4-6-8(9)2/h9,17H,2-7H2,1H3/t9-,11-/m0/s1. The van der Waals surface area contributed by atoms with Crippen LogP contribution in [0.15, 0.2) is 12.2 Å². The quantitative estimate of drug-likeness (QED) is 0.631. The Bertz CT molecular complexity index is 338. The van der Waals surface area contributed by atoms with Gasteiger partial charge in [0, 0.05) is 5.92 Å². The van der Waals surface area contributed by atoms with Crippen LogP contribution in [0.1, 0.15) is 32.6 Å². The second kappa shape index (κ2) is 5.30. The molecule has 0 bridgehead atoms. The summed E-state index contributed by atoms with van der Waals surface area (Å²) in [5.74, 6) is -2.95. The maximum atomic E-state index is 13.0. The van der Waals surface area contributed by atoms with Crippen molar-refractivity contribution in [2.45, 2.75) is 44.4 Å². The lowest BCUT2D eigenvalue weighted by atomic mass is 9.73. The largest absolute Gasteiger partial charge is 0.464 e. The number of alkyl halides is 3. The van der Waals surface area contributed by atoms with Gasteiger partial charge >= 0.3 is 12.1 Å². The molecule has 3 nitrogen and oxygen atoms in total. The Morgan fingerprint density at radius 1 is 1.50 bits per heavy atom. The highest BCUT2D eigenvalue weighted by atomic mass is 19.4. The highest BCUT2D eigenvalue weighted by Crippen LogP contribution is 2.45. The summed E-state index contributed by atoms with van der Waals surface area (Å²) in [6, 6.07) is 0. The van der Waals surface area contributed by atoms with Gasteiger partial charge in [-0.05, 0) is 26.2 Å². The fraction of sp³-hybridized carbons (Fsp3) is 0.750. The van der Waals surface area contributed by atoms with E-state index in [1.54, 1.807) is 0 Å². The van der Waals surface area contributed by atoms with Crippen LogP contribution in [0.25, 0.3) is 0 Å². The Kier molecular flexibility index (Phi) is 4.42. The van der Waals surface area contributed by atoms with Crippen LogP contribution in [-0.4, -0.2) is 29.5 Å². The van der Waals surface area contributed by atoms with E-state index in [1.807, 2.05) is 0 Å². The minimum Gasteiger partial charge on any atom is -0.464 e. The van der Waals surface area contributed by atoms with Gasteiger partial charge in [-0.1, -0.05) is 18.6 Å². The van der Waals surface area contributed by atoms with Gasteiger partial charge < -0.3 is 9.84 Å². The van der Waals surface area contributed by atoms with Crippen LogP contribution in [0.4, 0.5) is 13.2 Å². The van der Waals surface area contributed by atoms with Crippen molar-refractivity contribution in [1.82, 2.24) is 0 Å². The van der Waals surface area contributed by atoms with Gasteiger partial charge in [0.15, 0.2) is 0 Å². The molecule has 1 aliphatic carbocycles. The summed E-state index contributed by atoms with van der Waals surface area (Å²) >= 11 is 0. The van der Waals surface area contributed by atoms with E-state index in [0.717, 1.165) is 6.42 Å². The lowest BCUT2D eigenvalue weighted by Crippen LogP contribution is -2.59. The predicted molar refractivity (Wildman–Crippen MR) is 58.7 cm³/mol. The van der Waals surface area contributed by atoms with E-state index in [-0.39, 0.29) is 18.6 Å². The van der Waals surface area contributed by atoms with Crippen LogP contribution >= 0.6 is 0 Å². The molecule has 1 rings (SSSR count). The third-order valence-electron chi connectivity index (χ3n) is 3.26. The molecule has 0 saturated heterocycles. The first kappa shape index (κ1) is 15.0. The average molecular weight is 266 g/mol. The molecule has 1 N–H and O–H groups in total. The molecule has 0 aromatic rings. The smallest absolute Gasteiger partial charge is 0.428 e. The molecule has 0 radical (unpaired) electrons. The summed E-state index contributed by atoms with van der Waals surface area (Å²) in [6.07, 6.45) is -3.33. The molecule has 1 fully saturated rings. The van der Waals surface area contributed by atoms with Crippen LogP contribution in [0.2, 0.25) is 0 Å². The van der Waals surface area contributed by atoms with Crippen molar-refractivity contribution in [3.63, 3.8) is 0 Å². The van der Waals surface area contributed by atoms with Crippen molar-refractivity contribution in [2.24, 2.45) is 5.92 Å². The number of hydrogen-bond donors (Lipinski definition) is 1. The molecule has 0 heterocycles. The number of aliphatic hydroxyl groups is 1. The Hall–Kier alpha value is -1.04. The first-order valence-corrected chi connectivity index (χ1v) is 5.89. The number of esters is 1. The summed E-state index contributed by atoms with van der Waals surface area (Å²) in [6.45, 7) is 4.73. The van der Waals surface area contributed by atoms with Crippen LogP contribution in [-0.2, 0) is 9.53 Å². The van der Waals surface area contributed by atoms with Crippen molar-refractivity contribution in [3.05, 3.63) is 12.2 Å². The van der Waals surface area contributed by atoms with Gasteiger partial charge in [0.1, 0.15) is 0 Å². The zero-order chi connectivity index (χ0) is 14.0. The average Bonchev–Trinajstić information content (AvgIpc) is 2.27. The lowest BCUT2D eigenvalue weighted by molar-refractivity contribution is -0.276. The maximum absolute atomic E-state index is 13.0. The zero-order valence-electron chi connectivity index (χ0n) is 10.2. The fourth-order valence-corrected chi connectivity index (χ4v) is 2.28. The topological polar surface area (TPSA) is 46.5 Å². The summed E-state index contributed by atoms with van der Waals surface area (Å²) in [4.78, 5) is 11.5. The van der Waals surface area contributed by atoms with Crippen molar-refractivity contribution < 1.29 is 27.8 Å². The SMILES string of the molecule is C=C1CCCC[C@@H]1[C@](O)(C(=O)OCC)C(F)(F)F. The lowest BCUT2D eigenvalue weighted by Gasteiger charge is -2.38. The monoisotopic (exact) mass is 266 g/mol. The van der Waals surface area contributed by atoms with E-state index < -0.39 is 23.7 Å². The van der Waals surface area contributed by atoms with Crippen molar-refractivity contribution >= 4 is 5.97 Å². The van der Waals surface area contributed by atoms with Crippen LogP contribution in [0.5, 0.6) is 0 Å². The number of carbonyl (C=O) groups excluding carboxylic acids is 1. The highest BCUT2D eigenvalue weighted by molar-refractivity contribution is 5.81. The number of hydrogen-bond acceptors (Lipinski definition) is 3. The van der Waals surface area contributed by atoms with Gasteiger partial charge in [0.2, 0.25) is 0 Å². The second-order valence-corrected chi connectivity index (χ2v) is 4.44. The van der Waals surface area contributed by atoms with Gasteiger partial charge in [-0.3, -0.25) is 0 Å². The van der Waals surface area contributed by atoms with Gasteiger partial charge in [-0.25, -0.2) is 4.79 Å². The third kappa shape index (κ3) is 2.53. The van der Waals surface area contributed by atoms with Crippen molar-refractivity contribution in [3.8, 4) is 0 Å². The maximum Gasteiger partial charge on any atom is 0.428 e. The molecule has 6 heteroatoms. The molecule has 0 unspecified atom stereocenters. The van der Waals surface area contributed by atoms with Crippen LogP contribution in [0.3, 0.4) is 0 Å². The fourth-order valence-electron chi connectivity index (χ4n) is 2.28. The normalized spacial score (nSPS) is 24.5. The van der Waals surface area contributed by atoms with E-state index in [1.165, 1.54) is 6.92 Å². The zero-order valence-corrected chi connectivity index (χ0v) is 10.2. The van der Waals surface area contributed by atoms with E-state index in [2.05, 4.69) is 11.3 Å². The third-order valence-corrected chi connectivity index (χ3v) is 3.26. The van der Waals surface area contributed by atoms with Crippen molar-refractivity contribution in [2.75, 3.05) is 6.61 Å². The molecule has 0 amide bonds. The Morgan fingerprint density at radius 2 is 2.11 bits per heavy atom. The number of ether oxygens (including phenoxy) is 1. The number of rotatable bonds is 3. The first-order valence-electron chi connectivity index (χ1n) is 5.89. The summed E-state index contributed by atoms with van der Waals surface area (Å²) in [5, 5.41) is 9.88. The minimum atomic E-state index is -5.07. The molecule has 1 aliphatic rings. The molecule has 1 saturated carbocycles. The van der Waals surface area contributed by atoms with Gasteiger partial charge in [-0.2, -0.15) is 13.2 Å². The van der Waals surface area contributed by atoms with Crippen molar-refractivity contribution in [1.29, 1.82) is 0 Å². The predicted octanol–water partition coefficient (Wildman–Crippen LogP) is 2.59. The van der Waals surface area contributed by atoms with Gasteiger partial charge in [0.05, 0.1) is 6.61 Å². The summed E-state index contributed by atoms with van der Waals surface area (Å²) in [7, 11) is 0. The molecule has 104 valence electrons. The molecule has 0 spiro atoms. The van der Waals surface area contributed by atoms with E-state index in [0.29, 0.717) is 12.8 Å². The van der Waals surface area contributed by atoms with Crippen LogP contribution < -0.4 is 0 Å². The Balaban J connectivity index is 3.11. The molecular formula is C12H17F3O3. The Morgan fingerprint density at radius 3 is 2.56 bits per heavy atom. The molecular weight excluding hydrogens is 249 g/mol. The van der Waals surface area contributed by atoms with Crippen LogP contribution in [0, 0.1) is 5.92 Å². The van der Waals surface area contributed by atoms with E-state index >= 15 is 0 Å². The molecule has 2 atom stereocenters. The first-order chi connectivity index (χ1) is 8.25. The highest BCUT2D eigenvalue weighted by Gasteiger charge is 2.65. The minimum absolute atomic E-state index is 0.0909. The van der Waals surface area contributed by atoms with Gasteiger partial charge in [0.25, 0.3) is 5.60 Å². The number of halogens is 3. The molecule has 18 heavy (non-hydrogen) atoms. The van der Waals surface area contributed by atoms with E-state index in [4.69, 9.17) is 0 Å². The summed E-state index contributed by atoms with van der Waals surface area (Å²) in [5.41, 5.74) is -3.21.